The van der Waals surface area contributed by atoms with Crippen LogP contribution in [0.25, 0.3) is 12.2 Å². The van der Waals surface area contributed by atoms with E-state index in [0.717, 1.165) is 10.4 Å². The molecule has 1 N–H and O–H groups in total. The van der Waals surface area contributed by atoms with Crippen LogP contribution in [-0.4, -0.2) is 22.8 Å². The molecular weight excluding hydrogens is 368 g/mol. The Bertz CT molecular complexity index is 987. The molecule has 0 radical (unpaired) electrons. The summed E-state index contributed by atoms with van der Waals surface area (Å²) in [6.07, 6.45) is 3.31. The Kier molecular flexibility index (Phi) is 6.36. The second-order valence-corrected chi connectivity index (χ2v) is 9.03. The van der Waals surface area contributed by atoms with Gasteiger partial charge in [-0.15, -0.1) is 22.7 Å². The average molecular weight is 393 g/mol. The Morgan fingerprint density at radius 2 is 2.00 bits per heavy atom. The SMILES string of the molecule is CCNC(=O)Cn1c(=O)/c(=C/c2sccc2C)s/c1=C/C(=O)C(C)(C)C. The Hall–Kier alpha value is -1.99. The lowest BCUT2D eigenvalue weighted by Crippen LogP contribution is -2.38. The summed E-state index contributed by atoms with van der Waals surface area (Å²) in [5.41, 5.74) is 0.293. The maximum absolute atomic E-state index is 12.8. The third kappa shape index (κ3) is 4.80. The van der Waals surface area contributed by atoms with Gasteiger partial charge in [0.15, 0.2) is 5.78 Å². The number of carbonyl (C=O) groups excluding carboxylic acids is 2. The Morgan fingerprint density at radius 3 is 2.54 bits per heavy atom. The number of thiophene rings is 1. The van der Waals surface area contributed by atoms with Crippen LogP contribution in [0, 0.1) is 12.3 Å². The summed E-state index contributed by atoms with van der Waals surface area (Å²) in [5, 5.41) is 4.67. The Balaban J connectivity index is 2.64. The van der Waals surface area contributed by atoms with E-state index in [9.17, 15) is 14.4 Å². The van der Waals surface area contributed by atoms with Crippen LogP contribution in [0.4, 0.5) is 0 Å². The molecule has 7 heteroatoms. The normalized spacial score (nSPS) is 13.3. The molecule has 2 aromatic heterocycles. The number of aryl methyl sites for hydroxylation is 1. The van der Waals surface area contributed by atoms with Crippen LogP contribution in [0.1, 0.15) is 38.1 Å². The fourth-order valence-electron chi connectivity index (χ4n) is 2.17. The number of aromatic nitrogens is 1. The number of ketones is 1. The predicted octanol–water partition coefficient (Wildman–Crippen LogP) is 1.64. The van der Waals surface area contributed by atoms with Gasteiger partial charge < -0.3 is 5.32 Å². The van der Waals surface area contributed by atoms with Gasteiger partial charge in [0.1, 0.15) is 11.2 Å². The van der Waals surface area contributed by atoms with Crippen molar-refractivity contribution in [3.8, 4) is 0 Å². The molecule has 0 saturated carbocycles. The molecule has 26 heavy (non-hydrogen) atoms. The topological polar surface area (TPSA) is 68.2 Å². The van der Waals surface area contributed by atoms with Gasteiger partial charge in [-0.1, -0.05) is 20.8 Å². The van der Waals surface area contributed by atoms with Gasteiger partial charge in [-0.2, -0.15) is 0 Å². The van der Waals surface area contributed by atoms with E-state index in [4.69, 9.17) is 0 Å². The summed E-state index contributed by atoms with van der Waals surface area (Å²) in [4.78, 5) is 38.3. The van der Waals surface area contributed by atoms with E-state index in [1.54, 1.807) is 11.3 Å². The van der Waals surface area contributed by atoms with Crippen molar-refractivity contribution < 1.29 is 9.59 Å². The van der Waals surface area contributed by atoms with Gasteiger partial charge in [-0.25, -0.2) is 0 Å². The molecule has 2 aromatic rings. The van der Waals surface area contributed by atoms with Gasteiger partial charge >= 0.3 is 0 Å². The lowest BCUT2D eigenvalue weighted by molar-refractivity contribution is -0.122. The van der Waals surface area contributed by atoms with E-state index in [2.05, 4.69) is 5.32 Å². The molecule has 0 unspecified atom stereocenters. The number of hydrogen-bond donors (Lipinski definition) is 1. The van der Waals surface area contributed by atoms with Crippen LogP contribution < -0.4 is 20.1 Å². The van der Waals surface area contributed by atoms with Crippen molar-refractivity contribution >= 4 is 46.5 Å². The highest BCUT2D eigenvalue weighted by atomic mass is 32.1. The van der Waals surface area contributed by atoms with Gasteiger partial charge in [0.25, 0.3) is 5.56 Å². The zero-order valence-corrected chi connectivity index (χ0v) is 17.3. The molecular formula is C19H24N2O3S2. The fraction of sp³-hybridized carbons (Fsp3) is 0.421. The number of carbonyl (C=O) groups is 2. The van der Waals surface area contributed by atoms with Gasteiger partial charge in [-0.05, 0) is 36.9 Å². The van der Waals surface area contributed by atoms with E-state index >= 15 is 0 Å². The van der Waals surface area contributed by atoms with Crippen molar-refractivity contribution in [2.75, 3.05) is 6.54 Å². The minimum absolute atomic E-state index is 0.0812. The first kappa shape index (κ1) is 20.3. The van der Waals surface area contributed by atoms with Gasteiger partial charge in [0.2, 0.25) is 5.91 Å². The smallest absolute Gasteiger partial charge is 0.269 e. The molecule has 0 spiro atoms. The molecule has 0 fully saturated rings. The van der Waals surface area contributed by atoms with Crippen molar-refractivity contribution in [2.45, 2.75) is 41.2 Å². The van der Waals surface area contributed by atoms with Crippen LogP contribution >= 0.6 is 22.7 Å². The molecule has 5 nitrogen and oxygen atoms in total. The molecule has 0 bridgehead atoms. The molecule has 0 aliphatic rings. The highest BCUT2D eigenvalue weighted by Gasteiger charge is 2.20. The molecule has 0 aliphatic carbocycles. The second kappa shape index (κ2) is 8.14. The van der Waals surface area contributed by atoms with Crippen LogP contribution in [0.3, 0.4) is 0 Å². The van der Waals surface area contributed by atoms with E-state index in [1.165, 1.54) is 22.0 Å². The Morgan fingerprint density at radius 1 is 1.31 bits per heavy atom. The second-order valence-electron chi connectivity index (χ2n) is 7.02. The highest BCUT2D eigenvalue weighted by molar-refractivity contribution is 7.11. The van der Waals surface area contributed by atoms with Gasteiger partial charge in [-0.3, -0.25) is 19.0 Å². The number of Topliss-reactive ketones (excluding diaryl/α,β-unsaturated/α-hetero) is 1. The molecule has 0 aliphatic heterocycles. The molecule has 1 amide bonds. The number of thiazole rings is 1. The van der Waals surface area contributed by atoms with E-state index in [1.807, 2.05) is 52.1 Å². The van der Waals surface area contributed by atoms with Crippen molar-refractivity contribution in [3.63, 3.8) is 0 Å². The lowest BCUT2D eigenvalue weighted by Gasteiger charge is -2.12. The number of likely N-dealkylation sites (N-methyl/N-ethyl adjacent to an activating group) is 1. The van der Waals surface area contributed by atoms with Gasteiger partial charge in [0.05, 0.1) is 4.53 Å². The van der Waals surface area contributed by atoms with Gasteiger partial charge in [0, 0.05) is 22.9 Å². The zero-order valence-electron chi connectivity index (χ0n) is 15.7. The quantitative estimate of drug-likeness (QED) is 0.841. The summed E-state index contributed by atoms with van der Waals surface area (Å²) in [6.45, 7) is 9.69. The van der Waals surface area contributed by atoms with Crippen molar-refractivity contribution in [1.29, 1.82) is 0 Å². The minimum Gasteiger partial charge on any atom is -0.355 e. The lowest BCUT2D eigenvalue weighted by atomic mass is 9.91. The largest absolute Gasteiger partial charge is 0.355 e. The summed E-state index contributed by atoms with van der Waals surface area (Å²) in [7, 11) is 0. The molecule has 2 rings (SSSR count). The van der Waals surface area contributed by atoms with Crippen LogP contribution in [0.5, 0.6) is 0 Å². The molecule has 0 aromatic carbocycles. The minimum atomic E-state index is -0.551. The van der Waals surface area contributed by atoms with E-state index in [0.29, 0.717) is 15.7 Å². The maximum Gasteiger partial charge on any atom is 0.269 e. The maximum atomic E-state index is 12.8. The molecule has 0 saturated heterocycles. The standard InChI is InChI=1S/C19H24N2O3S2/c1-6-20-16(23)11-21-17(10-15(22)19(3,4)5)26-14(18(21)24)9-13-12(2)7-8-25-13/h7-10H,6,11H2,1-5H3,(H,20,23)/b14-9-,17-10+. The van der Waals surface area contributed by atoms with Crippen molar-refractivity contribution in [3.05, 3.63) is 41.4 Å². The number of rotatable bonds is 5. The number of nitrogens with zero attached hydrogens (tertiary/aromatic N) is 1. The van der Waals surface area contributed by atoms with E-state index < -0.39 is 5.41 Å². The summed E-state index contributed by atoms with van der Waals surface area (Å²) in [5.74, 6) is -0.327. The first-order chi connectivity index (χ1) is 12.1. The molecule has 140 valence electrons. The zero-order chi connectivity index (χ0) is 19.5. The first-order valence-corrected chi connectivity index (χ1v) is 10.1. The summed E-state index contributed by atoms with van der Waals surface area (Å²) >= 11 is 2.80. The fourth-order valence-corrected chi connectivity index (χ4v) is 4.13. The summed E-state index contributed by atoms with van der Waals surface area (Å²) < 4.78 is 2.41. The number of amides is 1. The summed E-state index contributed by atoms with van der Waals surface area (Å²) in [6, 6.07) is 1.99. The predicted molar refractivity (Wildman–Crippen MR) is 108 cm³/mol. The number of nitrogens with one attached hydrogen (secondary N) is 1. The molecule has 0 atom stereocenters. The van der Waals surface area contributed by atoms with Crippen LogP contribution in [0.15, 0.2) is 16.2 Å². The monoisotopic (exact) mass is 392 g/mol. The highest BCUT2D eigenvalue weighted by Crippen LogP contribution is 2.16. The first-order valence-electron chi connectivity index (χ1n) is 8.41. The third-order valence-corrected chi connectivity index (χ3v) is 5.80. The van der Waals surface area contributed by atoms with E-state index in [-0.39, 0.29) is 23.8 Å². The van der Waals surface area contributed by atoms with Crippen molar-refractivity contribution in [1.82, 2.24) is 9.88 Å². The van der Waals surface area contributed by atoms with Crippen LogP contribution in [0.2, 0.25) is 0 Å². The van der Waals surface area contributed by atoms with Crippen LogP contribution in [-0.2, 0) is 16.1 Å². The average Bonchev–Trinajstić information content (AvgIpc) is 3.06. The van der Waals surface area contributed by atoms with Crippen molar-refractivity contribution in [2.24, 2.45) is 5.41 Å². The molecule has 2 heterocycles. The third-order valence-electron chi connectivity index (χ3n) is 3.77. The number of hydrogen-bond acceptors (Lipinski definition) is 5. The Labute approximate surface area is 160 Å².